The molecule has 0 atom stereocenters. The molecule has 0 spiro atoms. The van der Waals surface area contributed by atoms with Crippen molar-refractivity contribution in [1.82, 2.24) is 14.9 Å². The average molecular weight is 287 g/mol. The van der Waals surface area contributed by atoms with E-state index in [1.807, 2.05) is 47.5 Å². The minimum absolute atomic E-state index is 0.899. The highest BCUT2D eigenvalue weighted by Crippen LogP contribution is 2.24. The Balaban J connectivity index is 1.81. The first-order valence-corrected chi connectivity index (χ1v) is 7.11. The summed E-state index contributed by atoms with van der Waals surface area (Å²) in [5, 5.41) is 0. The number of rotatable bonds is 3. The average Bonchev–Trinajstić information content (AvgIpc) is 2.58. The van der Waals surface area contributed by atoms with Crippen molar-refractivity contribution in [2.24, 2.45) is 0 Å². The molecule has 0 unspecified atom stereocenters. The van der Waals surface area contributed by atoms with Crippen molar-refractivity contribution in [3.05, 3.63) is 97.0 Å². The second-order valence-corrected chi connectivity index (χ2v) is 5.09. The van der Waals surface area contributed by atoms with E-state index in [1.165, 1.54) is 11.1 Å². The van der Waals surface area contributed by atoms with E-state index >= 15 is 0 Å². The van der Waals surface area contributed by atoms with Gasteiger partial charge in [0.25, 0.3) is 0 Å². The molecule has 22 heavy (non-hydrogen) atoms. The van der Waals surface area contributed by atoms with E-state index in [-0.39, 0.29) is 0 Å². The van der Waals surface area contributed by atoms with Gasteiger partial charge >= 0.3 is 0 Å². The third-order valence-corrected chi connectivity index (χ3v) is 3.51. The van der Waals surface area contributed by atoms with Crippen molar-refractivity contribution in [2.75, 3.05) is 0 Å². The van der Waals surface area contributed by atoms with Gasteiger partial charge in [0.1, 0.15) is 6.33 Å². The standard InChI is InChI=1S/C19H17N3/c1-15(17-6-4-3-5-7-17)13-22-11-9-18(12-16(22)2)19-8-10-20-14-21-19/h3-14H,2H2,1H3/b15-13+. The molecule has 0 fully saturated rings. The van der Waals surface area contributed by atoms with E-state index < -0.39 is 0 Å². The molecule has 108 valence electrons. The van der Waals surface area contributed by atoms with E-state index in [0.29, 0.717) is 0 Å². The number of allylic oxidation sites excluding steroid dienone is 4. The van der Waals surface area contributed by atoms with Gasteiger partial charge in [-0.15, -0.1) is 0 Å². The van der Waals surface area contributed by atoms with Gasteiger partial charge in [-0.3, -0.25) is 0 Å². The Morgan fingerprint density at radius 2 is 2.00 bits per heavy atom. The van der Waals surface area contributed by atoms with Crippen molar-refractivity contribution in [3.63, 3.8) is 0 Å². The maximum absolute atomic E-state index is 4.26. The van der Waals surface area contributed by atoms with Crippen molar-refractivity contribution < 1.29 is 0 Å². The Morgan fingerprint density at radius 1 is 1.18 bits per heavy atom. The summed E-state index contributed by atoms with van der Waals surface area (Å²) in [6, 6.07) is 12.2. The summed E-state index contributed by atoms with van der Waals surface area (Å²) >= 11 is 0. The molecule has 0 saturated heterocycles. The Morgan fingerprint density at radius 3 is 2.68 bits per heavy atom. The van der Waals surface area contributed by atoms with Crippen molar-refractivity contribution in [2.45, 2.75) is 6.92 Å². The topological polar surface area (TPSA) is 29.0 Å². The van der Waals surface area contributed by atoms with Crippen LogP contribution in [0.3, 0.4) is 0 Å². The Kier molecular flexibility index (Phi) is 3.97. The van der Waals surface area contributed by atoms with E-state index in [4.69, 9.17) is 0 Å². The van der Waals surface area contributed by atoms with Gasteiger partial charge in [-0.1, -0.05) is 36.9 Å². The highest BCUT2D eigenvalue weighted by Gasteiger charge is 2.09. The third kappa shape index (κ3) is 3.04. The van der Waals surface area contributed by atoms with Gasteiger partial charge in [-0.2, -0.15) is 0 Å². The number of benzene rings is 1. The molecule has 0 N–H and O–H groups in total. The van der Waals surface area contributed by atoms with Crippen LogP contribution in [-0.4, -0.2) is 14.9 Å². The molecule has 2 aromatic rings. The molecule has 1 aliphatic heterocycles. The summed E-state index contributed by atoms with van der Waals surface area (Å²) in [7, 11) is 0. The van der Waals surface area contributed by atoms with Crippen LogP contribution in [-0.2, 0) is 0 Å². The lowest BCUT2D eigenvalue weighted by Crippen LogP contribution is -2.11. The molecule has 2 heterocycles. The zero-order valence-electron chi connectivity index (χ0n) is 12.5. The summed E-state index contributed by atoms with van der Waals surface area (Å²) < 4.78 is 0. The molecule has 1 aromatic heterocycles. The van der Waals surface area contributed by atoms with Crippen LogP contribution >= 0.6 is 0 Å². The largest absolute Gasteiger partial charge is 0.324 e. The van der Waals surface area contributed by atoms with E-state index in [9.17, 15) is 0 Å². The number of nitrogens with zero attached hydrogens (tertiary/aromatic N) is 3. The molecule has 0 bridgehead atoms. The number of hydrogen-bond acceptors (Lipinski definition) is 3. The monoisotopic (exact) mass is 287 g/mol. The second-order valence-electron chi connectivity index (χ2n) is 5.09. The molecule has 3 heteroatoms. The van der Waals surface area contributed by atoms with Crippen LogP contribution in [0, 0.1) is 0 Å². The lowest BCUT2D eigenvalue weighted by Gasteiger charge is -2.22. The lowest BCUT2D eigenvalue weighted by atomic mass is 10.1. The predicted molar refractivity (Wildman–Crippen MR) is 90.2 cm³/mol. The maximum atomic E-state index is 4.26. The van der Waals surface area contributed by atoms with E-state index in [2.05, 4.69) is 41.8 Å². The molecule has 3 nitrogen and oxygen atoms in total. The smallest absolute Gasteiger partial charge is 0.116 e. The molecular formula is C19H17N3. The summed E-state index contributed by atoms with van der Waals surface area (Å²) in [5.41, 5.74) is 5.23. The number of aromatic nitrogens is 2. The van der Waals surface area contributed by atoms with Crippen LogP contribution < -0.4 is 0 Å². The van der Waals surface area contributed by atoms with Gasteiger partial charge in [0.05, 0.1) is 5.69 Å². The van der Waals surface area contributed by atoms with Crippen LogP contribution in [0.2, 0.25) is 0 Å². The van der Waals surface area contributed by atoms with Crippen LogP contribution in [0.5, 0.6) is 0 Å². The van der Waals surface area contributed by atoms with E-state index in [0.717, 1.165) is 17.0 Å². The lowest BCUT2D eigenvalue weighted by molar-refractivity contribution is 0.651. The molecule has 3 rings (SSSR count). The first kappa shape index (κ1) is 14.0. The Bertz CT molecular complexity index is 756. The van der Waals surface area contributed by atoms with Gasteiger partial charge in [-0.05, 0) is 36.3 Å². The van der Waals surface area contributed by atoms with Crippen LogP contribution in [0.25, 0.3) is 11.1 Å². The predicted octanol–water partition coefficient (Wildman–Crippen LogP) is 4.26. The normalized spacial score (nSPS) is 15.0. The maximum Gasteiger partial charge on any atom is 0.116 e. The molecular weight excluding hydrogens is 270 g/mol. The van der Waals surface area contributed by atoms with Gasteiger partial charge in [-0.25, -0.2) is 9.97 Å². The van der Waals surface area contributed by atoms with Gasteiger partial charge in [0.15, 0.2) is 0 Å². The number of hydrogen-bond donors (Lipinski definition) is 0. The van der Waals surface area contributed by atoms with Crippen LogP contribution in [0.15, 0.2) is 85.8 Å². The highest BCUT2D eigenvalue weighted by molar-refractivity contribution is 5.75. The first-order valence-electron chi connectivity index (χ1n) is 7.11. The minimum Gasteiger partial charge on any atom is -0.324 e. The van der Waals surface area contributed by atoms with E-state index in [1.54, 1.807) is 12.5 Å². The van der Waals surface area contributed by atoms with Crippen LogP contribution in [0.1, 0.15) is 18.2 Å². The zero-order chi connectivity index (χ0) is 15.4. The molecule has 0 aliphatic carbocycles. The fourth-order valence-corrected chi connectivity index (χ4v) is 2.29. The first-order chi connectivity index (χ1) is 10.7. The van der Waals surface area contributed by atoms with Gasteiger partial charge in [0, 0.05) is 29.9 Å². The minimum atomic E-state index is 0.899. The zero-order valence-corrected chi connectivity index (χ0v) is 12.5. The summed E-state index contributed by atoms with van der Waals surface area (Å²) in [6.45, 7) is 6.23. The SMILES string of the molecule is C=C1C=C(c2ccncn2)C=CN1/C=C(\C)c1ccccc1. The Labute approximate surface area is 130 Å². The highest BCUT2D eigenvalue weighted by atomic mass is 15.1. The van der Waals surface area contributed by atoms with Crippen molar-refractivity contribution in [3.8, 4) is 0 Å². The van der Waals surface area contributed by atoms with Crippen LogP contribution in [0.4, 0.5) is 0 Å². The van der Waals surface area contributed by atoms with Crippen molar-refractivity contribution >= 4 is 11.1 Å². The van der Waals surface area contributed by atoms with Crippen molar-refractivity contribution in [1.29, 1.82) is 0 Å². The molecule has 1 aromatic carbocycles. The quantitative estimate of drug-likeness (QED) is 0.844. The fraction of sp³-hybridized carbons (Fsp3) is 0.0526. The van der Waals surface area contributed by atoms with Gasteiger partial charge < -0.3 is 4.90 Å². The molecule has 1 aliphatic rings. The third-order valence-electron chi connectivity index (χ3n) is 3.51. The summed E-state index contributed by atoms with van der Waals surface area (Å²) in [5.74, 6) is 0. The summed E-state index contributed by atoms with van der Waals surface area (Å²) in [6.07, 6.45) is 11.4. The van der Waals surface area contributed by atoms with Gasteiger partial charge in [0.2, 0.25) is 0 Å². The second kappa shape index (κ2) is 6.22. The molecule has 0 radical (unpaired) electrons. The molecule has 0 saturated carbocycles. The Hall–Kier alpha value is -2.94. The summed E-state index contributed by atoms with van der Waals surface area (Å²) in [4.78, 5) is 10.2. The molecule has 0 amide bonds. The fourth-order valence-electron chi connectivity index (χ4n) is 2.29.